The second-order valence-corrected chi connectivity index (χ2v) is 6.03. The fourth-order valence-electron chi connectivity index (χ4n) is 2.43. The molecule has 24 heavy (non-hydrogen) atoms. The van der Waals surface area contributed by atoms with Gasteiger partial charge in [-0.3, -0.25) is 0 Å². The highest BCUT2D eigenvalue weighted by molar-refractivity contribution is 9.10. The molecule has 0 fully saturated rings. The van der Waals surface area contributed by atoms with Gasteiger partial charge in [-0.15, -0.1) is 0 Å². The Labute approximate surface area is 152 Å². The van der Waals surface area contributed by atoms with Crippen LogP contribution in [0.1, 0.15) is 25.0 Å². The van der Waals surface area contributed by atoms with Gasteiger partial charge in [0.25, 0.3) is 0 Å². The van der Waals surface area contributed by atoms with Gasteiger partial charge in [0.1, 0.15) is 5.75 Å². The van der Waals surface area contributed by atoms with E-state index < -0.39 is 0 Å². The second-order valence-electron chi connectivity index (χ2n) is 5.17. The molecule has 0 heterocycles. The molecule has 0 aliphatic rings. The average molecular weight is 394 g/mol. The highest BCUT2D eigenvalue weighted by atomic mass is 79.9. The molecule has 0 bridgehead atoms. The maximum Gasteiger partial charge on any atom is 0.162 e. The number of benzene rings is 2. The van der Waals surface area contributed by atoms with Crippen LogP contribution in [-0.4, -0.2) is 20.3 Å². The predicted octanol–water partition coefficient (Wildman–Crippen LogP) is 4.54. The summed E-state index contributed by atoms with van der Waals surface area (Å²) in [6, 6.07) is 12.0. The maximum absolute atomic E-state index is 5.69. The monoisotopic (exact) mass is 393 g/mol. The van der Waals surface area contributed by atoms with E-state index in [0.29, 0.717) is 19.8 Å². The number of nitrogens with one attached hydrogen (secondary N) is 1. The average Bonchev–Trinajstić information content (AvgIpc) is 2.59. The first-order valence-electron chi connectivity index (χ1n) is 8.10. The van der Waals surface area contributed by atoms with Gasteiger partial charge in [0, 0.05) is 23.1 Å². The van der Waals surface area contributed by atoms with Crippen molar-refractivity contribution in [2.24, 2.45) is 0 Å². The molecular weight excluding hydrogens is 370 g/mol. The minimum absolute atomic E-state index is 0.607. The van der Waals surface area contributed by atoms with Crippen LogP contribution in [0.2, 0.25) is 0 Å². The first-order valence-corrected chi connectivity index (χ1v) is 8.89. The van der Waals surface area contributed by atoms with Crippen LogP contribution in [0, 0.1) is 0 Å². The van der Waals surface area contributed by atoms with Crippen molar-refractivity contribution in [3.8, 4) is 17.2 Å². The van der Waals surface area contributed by atoms with E-state index in [1.807, 2.05) is 44.2 Å². The summed E-state index contributed by atoms with van der Waals surface area (Å²) in [4.78, 5) is 0. The van der Waals surface area contributed by atoms with Crippen LogP contribution < -0.4 is 19.5 Å². The van der Waals surface area contributed by atoms with Crippen molar-refractivity contribution in [1.82, 2.24) is 5.32 Å². The number of ether oxygens (including phenoxy) is 3. The summed E-state index contributed by atoms with van der Waals surface area (Å²) < 4.78 is 17.7. The molecule has 5 heteroatoms. The number of para-hydroxylation sites is 1. The third kappa shape index (κ3) is 4.89. The Hall–Kier alpha value is -1.72. The molecule has 0 aliphatic carbocycles. The molecule has 0 radical (unpaired) electrons. The fraction of sp³-hybridized carbons (Fsp3) is 0.368. The number of methoxy groups -OCH3 is 1. The van der Waals surface area contributed by atoms with Crippen LogP contribution in [0.5, 0.6) is 17.2 Å². The SMILES string of the molecule is CCOc1cc(Br)c(CNCc2ccccc2OC)cc1OCC. The van der Waals surface area contributed by atoms with Crippen LogP contribution in [0.25, 0.3) is 0 Å². The van der Waals surface area contributed by atoms with Crippen molar-refractivity contribution in [3.63, 3.8) is 0 Å². The third-order valence-corrected chi connectivity index (χ3v) is 4.27. The van der Waals surface area contributed by atoms with Gasteiger partial charge in [-0.05, 0) is 37.6 Å². The quantitative estimate of drug-likeness (QED) is 0.678. The van der Waals surface area contributed by atoms with Gasteiger partial charge in [0.2, 0.25) is 0 Å². The Morgan fingerprint density at radius 2 is 1.50 bits per heavy atom. The lowest BCUT2D eigenvalue weighted by Gasteiger charge is -2.15. The van der Waals surface area contributed by atoms with E-state index in [-0.39, 0.29) is 0 Å². The zero-order chi connectivity index (χ0) is 17.4. The predicted molar refractivity (Wildman–Crippen MR) is 100 cm³/mol. The van der Waals surface area contributed by atoms with Gasteiger partial charge in [-0.2, -0.15) is 0 Å². The molecule has 0 amide bonds. The molecule has 4 nitrogen and oxygen atoms in total. The maximum atomic E-state index is 5.69. The third-order valence-electron chi connectivity index (χ3n) is 3.54. The van der Waals surface area contributed by atoms with Crippen molar-refractivity contribution in [3.05, 3.63) is 52.0 Å². The molecule has 0 atom stereocenters. The minimum atomic E-state index is 0.607. The van der Waals surface area contributed by atoms with E-state index in [4.69, 9.17) is 14.2 Å². The molecule has 2 aromatic rings. The van der Waals surface area contributed by atoms with Crippen molar-refractivity contribution in [1.29, 1.82) is 0 Å². The van der Waals surface area contributed by atoms with Crippen molar-refractivity contribution in [2.45, 2.75) is 26.9 Å². The molecule has 2 aromatic carbocycles. The number of hydrogen-bond acceptors (Lipinski definition) is 4. The molecule has 0 aliphatic heterocycles. The number of rotatable bonds is 9. The lowest BCUT2D eigenvalue weighted by molar-refractivity contribution is 0.287. The Balaban J connectivity index is 2.07. The summed E-state index contributed by atoms with van der Waals surface area (Å²) in [7, 11) is 1.69. The summed E-state index contributed by atoms with van der Waals surface area (Å²) in [5, 5.41) is 3.45. The molecule has 0 aromatic heterocycles. The molecule has 0 saturated carbocycles. The lowest BCUT2D eigenvalue weighted by Crippen LogP contribution is -2.14. The first-order chi connectivity index (χ1) is 11.7. The highest BCUT2D eigenvalue weighted by Gasteiger charge is 2.11. The van der Waals surface area contributed by atoms with Crippen LogP contribution in [0.4, 0.5) is 0 Å². The largest absolute Gasteiger partial charge is 0.496 e. The van der Waals surface area contributed by atoms with E-state index in [0.717, 1.165) is 39.4 Å². The summed E-state index contributed by atoms with van der Waals surface area (Å²) in [6.45, 7) is 6.59. The van der Waals surface area contributed by atoms with Gasteiger partial charge < -0.3 is 19.5 Å². The zero-order valence-electron chi connectivity index (χ0n) is 14.4. The molecule has 130 valence electrons. The van der Waals surface area contributed by atoms with E-state index in [1.165, 1.54) is 0 Å². The van der Waals surface area contributed by atoms with Crippen molar-refractivity contribution in [2.75, 3.05) is 20.3 Å². The van der Waals surface area contributed by atoms with E-state index >= 15 is 0 Å². The first kappa shape index (κ1) is 18.6. The highest BCUT2D eigenvalue weighted by Crippen LogP contribution is 2.34. The Morgan fingerprint density at radius 1 is 0.875 bits per heavy atom. The number of halogens is 1. The van der Waals surface area contributed by atoms with Crippen LogP contribution in [0.3, 0.4) is 0 Å². The Bertz CT molecular complexity index is 661. The molecular formula is C19H24BrNO3. The Kier molecular flexibility index (Phi) is 7.40. The standard InChI is InChI=1S/C19H24BrNO3/c1-4-23-18-10-15(16(20)11-19(18)24-5-2)13-21-12-14-8-6-7-9-17(14)22-3/h6-11,21H,4-5,12-13H2,1-3H3. The van der Waals surface area contributed by atoms with E-state index in [2.05, 4.69) is 27.3 Å². The summed E-state index contributed by atoms with van der Waals surface area (Å²) in [6.07, 6.45) is 0. The van der Waals surface area contributed by atoms with Crippen LogP contribution >= 0.6 is 15.9 Å². The van der Waals surface area contributed by atoms with Crippen LogP contribution in [-0.2, 0) is 13.1 Å². The number of hydrogen-bond donors (Lipinski definition) is 1. The van der Waals surface area contributed by atoms with Gasteiger partial charge in [0.15, 0.2) is 11.5 Å². The van der Waals surface area contributed by atoms with Crippen LogP contribution in [0.15, 0.2) is 40.9 Å². The van der Waals surface area contributed by atoms with E-state index in [9.17, 15) is 0 Å². The zero-order valence-corrected chi connectivity index (χ0v) is 16.0. The normalized spacial score (nSPS) is 10.5. The summed E-state index contributed by atoms with van der Waals surface area (Å²) in [5.74, 6) is 2.43. The topological polar surface area (TPSA) is 39.7 Å². The van der Waals surface area contributed by atoms with Gasteiger partial charge in [-0.1, -0.05) is 34.1 Å². The van der Waals surface area contributed by atoms with Crippen molar-refractivity contribution < 1.29 is 14.2 Å². The summed E-state index contributed by atoms with van der Waals surface area (Å²) >= 11 is 3.62. The van der Waals surface area contributed by atoms with Gasteiger partial charge in [0.05, 0.1) is 20.3 Å². The molecule has 0 unspecified atom stereocenters. The molecule has 1 N–H and O–H groups in total. The molecule has 2 rings (SSSR count). The van der Waals surface area contributed by atoms with Crippen molar-refractivity contribution >= 4 is 15.9 Å². The summed E-state index contributed by atoms with van der Waals surface area (Å²) in [5.41, 5.74) is 2.25. The van der Waals surface area contributed by atoms with E-state index in [1.54, 1.807) is 7.11 Å². The van der Waals surface area contributed by atoms with Gasteiger partial charge >= 0.3 is 0 Å². The minimum Gasteiger partial charge on any atom is -0.496 e. The lowest BCUT2D eigenvalue weighted by atomic mass is 10.1. The fourth-order valence-corrected chi connectivity index (χ4v) is 2.89. The van der Waals surface area contributed by atoms with Gasteiger partial charge in [-0.25, -0.2) is 0 Å². The molecule has 0 spiro atoms. The smallest absolute Gasteiger partial charge is 0.162 e. The second kappa shape index (κ2) is 9.55. The Morgan fingerprint density at radius 3 is 2.17 bits per heavy atom. The molecule has 0 saturated heterocycles.